The minimum atomic E-state index is 0.763. The van der Waals surface area contributed by atoms with Crippen LogP contribution in [0.5, 0.6) is 0 Å². The van der Waals surface area contributed by atoms with E-state index in [1.54, 1.807) is 0 Å². The molecule has 2 saturated heterocycles. The van der Waals surface area contributed by atoms with Crippen LogP contribution in [0.2, 0.25) is 0 Å². The van der Waals surface area contributed by atoms with E-state index in [2.05, 4.69) is 51.5 Å². The number of piperidine rings is 2. The van der Waals surface area contributed by atoms with E-state index >= 15 is 0 Å². The molecule has 2 fully saturated rings. The molecule has 2 aliphatic heterocycles. The van der Waals surface area contributed by atoms with Crippen molar-refractivity contribution in [3.8, 4) is 0 Å². The van der Waals surface area contributed by atoms with E-state index in [1.807, 2.05) is 12.3 Å². The highest BCUT2D eigenvalue weighted by molar-refractivity contribution is 5.80. The van der Waals surface area contributed by atoms with Gasteiger partial charge in [-0.15, -0.1) is 0 Å². The Labute approximate surface area is 167 Å². The molecule has 28 heavy (non-hydrogen) atoms. The number of rotatable bonds is 5. The number of hydrazone groups is 1. The average molecular weight is 379 g/mol. The molecule has 0 aliphatic carbocycles. The van der Waals surface area contributed by atoms with E-state index in [4.69, 9.17) is 9.97 Å². The number of benzene rings is 1. The summed E-state index contributed by atoms with van der Waals surface area (Å²) < 4.78 is 0. The Kier molecular flexibility index (Phi) is 6.04. The summed E-state index contributed by atoms with van der Waals surface area (Å²) in [5.74, 6) is 2.61. The van der Waals surface area contributed by atoms with Gasteiger partial charge in [0.05, 0.1) is 6.21 Å². The number of aromatic nitrogens is 2. The van der Waals surface area contributed by atoms with Crippen LogP contribution in [-0.2, 0) is 0 Å². The fourth-order valence-corrected chi connectivity index (χ4v) is 3.83. The first kappa shape index (κ1) is 18.7. The van der Waals surface area contributed by atoms with Gasteiger partial charge in [-0.1, -0.05) is 29.8 Å². The van der Waals surface area contributed by atoms with Crippen LogP contribution in [0.3, 0.4) is 0 Å². The molecule has 0 atom stereocenters. The molecule has 3 heterocycles. The Morgan fingerprint density at radius 1 is 0.857 bits per heavy atom. The quantitative estimate of drug-likeness (QED) is 0.624. The third-order valence-corrected chi connectivity index (χ3v) is 5.49. The van der Waals surface area contributed by atoms with Crippen molar-refractivity contribution < 1.29 is 0 Å². The molecular weight excluding hydrogens is 348 g/mol. The molecule has 1 N–H and O–H groups in total. The van der Waals surface area contributed by atoms with Crippen molar-refractivity contribution >= 4 is 23.8 Å². The van der Waals surface area contributed by atoms with E-state index in [0.29, 0.717) is 0 Å². The van der Waals surface area contributed by atoms with Crippen molar-refractivity contribution in [2.75, 3.05) is 41.4 Å². The van der Waals surface area contributed by atoms with Gasteiger partial charge in [-0.25, -0.2) is 0 Å². The lowest BCUT2D eigenvalue weighted by atomic mass is 10.1. The third-order valence-electron chi connectivity index (χ3n) is 5.49. The molecule has 4 rings (SSSR count). The lowest BCUT2D eigenvalue weighted by molar-refractivity contribution is 0.561. The first-order valence-corrected chi connectivity index (χ1v) is 10.5. The fraction of sp³-hybridized carbons (Fsp3) is 0.500. The zero-order chi connectivity index (χ0) is 19.2. The SMILES string of the molecule is Cc1ccc(/C=N\Nc2cc(N3CCCCC3)nc(N3CCCCC3)n2)cc1. The first-order chi connectivity index (χ1) is 13.8. The largest absolute Gasteiger partial charge is 0.356 e. The summed E-state index contributed by atoms with van der Waals surface area (Å²) in [5.41, 5.74) is 5.45. The summed E-state index contributed by atoms with van der Waals surface area (Å²) in [5, 5.41) is 4.41. The van der Waals surface area contributed by atoms with Gasteiger partial charge in [-0.05, 0) is 51.0 Å². The summed E-state index contributed by atoms with van der Waals surface area (Å²) >= 11 is 0. The second-order valence-electron chi connectivity index (χ2n) is 7.79. The highest BCUT2D eigenvalue weighted by atomic mass is 15.4. The number of anilines is 3. The topological polar surface area (TPSA) is 56.7 Å². The maximum atomic E-state index is 4.91. The van der Waals surface area contributed by atoms with Gasteiger partial charge in [0.2, 0.25) is 5.95 Å². The molecule has 0 saturated carbocycles. The lowest BCUT2D eigenvalue weighted by Gasteiger charge is -2.31. The maximum absolute atomic E-state index is 4.91. The summed E-state index contributed by atoms with van der Waals surface area (Å²) in [7, 11) is 0. The Balaban J connectivity index is 1.54. The number of nitrogens with zero attached hydrogens (tertiary/aromatic N) is 5. The molecule has 1 aromatic carbocycles. The van der Waals surface area contributed by atoms with Crippen molar-refractivity contribution in [2.24, 2.45) is 5.10 Å². The second-order valence-corrected chi connectivity index (χ2v) is 7.79. The van der Waals surface area contributed by atoms with Crippen molar-refractivity contribution in [2.45, 2.75) is 45.4 Å². The van der Waals surface area contributed by atoms with Crippen LogP contribution >= 0.6 is 0 Å². The van der Waals surface area contributed by atoms with E-state index in [-0.39, 0.29) is 0 Å². The zero-order valence-corrected chi connectivity index (χ0v) is 16.8. The predicted molar refractivity (Wildman–Crippen MR) is 117 cm³/mol. The van der Waals surface area contributed by atoms with E-state index in [9.17, 15) is 0 Å². The van der Waals surface area contributed by atoms with Crippen LogP contribution in [0.25, 0.3) is 0 Å². The predicted octanol–water partition coefficient (Wildman–Crippen LogP) is 4.21. The van der Waals surface area contributed by atoms with E-state index in [0.717, 1.165) is 49.3 Å². The molecule has 0 radical (unpaired) electrons. The lowest BCUT2D eigenvalue weighted by Crippen LogP contribution is -2.33. The summed E-state index contributed by atoms with van der Waals surface area (Å²) in [6.07, 6.45) is 9.34. The van der Waals surface area contributed by atoms with Crippen LogP contribution in [0.4, 0.5) is 17.6 Å². The second kappa shape index (κ2) is 9.04. The monoisotopic (exact) mass is 378 g/mol. The van der Waals surface area contributed by atoms with Crippen molar-refractivity contribution in [1.29, 1.82) is 0 Å². The smallest absolute Gasteiger partial charge is 0.229 e. The van der Waals surface area contributed by atoms with Gasteiger partial charge >= 0.3 is 0 Å². The zero-order valence-electron chi connectivity index (χ0n) is 16.8. The molecule has 0 spiro atoms. The minimum absolute atomic E-state index is 0.763. The van der Waals surface area contributed by atoms with Crippen molar-refractivity contribution in [3.05, 3.63) is 41.5 Å². The summed E-state index contributed by atoms with van der Waals surface area (Å²) in [6, 6.07) is 10.4. The molecule has 6 nitrogen and oxygen atoms in total. The van der Waals surface area contributed by atoms with Crippen LogP contribution in [0, 0.1) is 6.92 Å². The van der Waals surface area contributed by atoms with E-state index < -0.39 is 0 Å². The number of hydrogen-bond donors (Lipinski definition) is 1. The maximum Gasteiger partial charge on any atom is 0.229 e. The van der Waals surface area contributed by atoms with Gasteiger partial charge in [-0.3, -0.25) is 5.43 Å². The van der Waals surface area contributed by atoms with Gasteiger partial charge in [0, 0.05) is 32.2 Å². The van der Waals surface area contributed by atoms with E-state index in [1.165, 1.54) is 44.1 Å². The standard InChI is InChI=1S/C22H30N6/c1-18-8-10-19(11-9-18)17-23-26-20-16-21(27-12-4-2-5-13-27)25-22(24-20)28-14-6-3-7-15-28/h8-11,16-17H,2-7,12-15H2,1H3,(H,24,25,26)/b23-17-. The van der Waals surface area contributed by atoms with Crippen molar-refractivity contribution in [3.63, 3.8) is 0 Å². The molecule has 2 aliphatic rings. The molecular formula is C22H30N6. The number of nitrogens with one attached hydrogen (secondary N) is 1. The van der Waals surface area contributed by atoms with Gasteiger partial charge in [0.15, 0.2) is 5.82 Å². The summed E-state index contributed by atoms with van der Waals surface area (Å²) in [6.45, 7) is 6.31. The summed E-state index contributed by atoms with van der Waals surface area (Å²) in [4.78, 5) is 14.4. The molecule has 0 amide bonds. The normalized spacial score (nSPS) is 17.9. The van der Waals surface area contributed by atoms with Crippen LogP contribution in [0.1, 0.15) is 49.7 Å². The minimum Gasteiger partial charge on any atom is -0.356 e. The molecule has 6 heteroatoms. The third kappa shape index (κ3) is 4.80. The van der Waals surface area contributed by atoms with Crippen LogP contribution in [0.15, 0.2) is 35.4 Å². The number of hydrogen-bond acceptors (Lipinski definition) is 6. The van der Waals surface area contributed by atoms with Crippen LogP contribution in [-0.4, -0.2) is 42.4 Å². The molecule has 148 valence electrons. The van der Waals surface area contributed by atoms with Gasteiger partial charge < -0.3 is 9.80 Å². The first-order valence-electron chi connectivity index (χ1n) is 10.5. The van der Waals surface area contributed by atoms with Gasteiger partial charge in [-0.2, -0.15) is 15.1 Å². The highest BCUT2D eigenvalue weighted by Gasteiger charge is 2.19. The highest BCUT2D eigenvalue weighted by Crippen LogP contribution is 2.25. The van der Waals surface area contributed by atoms with Gasteiger partial charge in [0.25, 0.3) is 0 Å². The molecule has 0 bridgehead atoms. The Morgan fingerprint density at radius 2 is 1.50 bits per heavy atom. The number of aryl methyl sites for hydroxylation is 1. The fourth-order valence-electron chi connectivity index (χ4n) is 3.83. The molecule has 0 unspecified atom stereocenters. The molecule has 1 aromatic heterocycles. The Hall–Kier alpha value is -2.63. The van der Waals surface area contributed by atoms with Crippen molar-refractivity contribution in [1.82, 2.24) is 9.97 Å². The Bertz CT molecular complexity index is 753. The Morgan fingerprint density at radius 3 is 2.18 bits per heavy atom. The van der Waals surface area contributed by atoms with Gasteiger partial charge in [0.1, 0.15) is 5.82 Å². The molecule has 2 aromatic rings. The van der Waals surface area contributed by atoms with Crippen LogP contribution < -0.4 is 15.2 Å². The average Bonchev–Trinajstić information content (AvgIpc) is 2.76.